The minimum Gasteiger partial charge on any atom is -0.310 e. The number of hydrogen-bond acceptors (Lipinski definition) is 2. The smallest absolute Gasteiger partial charge is 0.0468 e. The van der Waals surface area contributed by atoms with Gasteiger partial charge in [-0.3, -0.25) is 0 Å². The molecule has 0 aliphatic rings. The van der Waals surface area contributed by atoms with Crippen molar-refractivity contribution in [1.29, 1.82) is 0 Å². The average molecular weight is 963 g/mol. The summed E-state index contributed by atoms with van der Waals surface area (Å²) < 4.78 is 0. The molecule has 13 aromatic carbocycles. The van der Waals surface area contributed by atoms with Crippen LogP contribution in [0.4, 0.5) is 34.1 Å². The highest BCUT2D eigenvalue weighted by atomic mass is 15.1. The summed E-state index contributed by atoms with van der Waals surface area (Å²) in [5.41, 5.74) is 17.8. The second-order valence-electron chi connectivity index (χ2n) is 21.1. The molecule has 0 aliphatic heterocycles. The van der Waals surface area contributed by atoms with Gasteiger partial charge >= 0.3 is 0 Å². The SMILES string of the molecule is Cc1cc(C)cc(-c2c3ccc(N(c4ccc(C(C)C)cc4)c4ccc5ccc6ccccc6c5c4)cc3c(-c3cc(C)cc(C)c3)c3ccc(N(c4ccccc4)c4ccc5ccc6ccccc6c5c4)cc23)c1. The molecule has 0 aromatic heterocycles. The van der Waals surface area contributed by atoms with Crippen molar-refractivity contribution in [3.8, 4) is 22.3 Å². The summed E-state index contributed by atoms with van der Waals surface area (Å²) in [5.74, 6) is 0.422. The van der Waals surface area contributed by atoms with Gasteiger partial charge in [-0.25, -0.2) is 0 Å². The molecule has 0 unspecified atom stereocenters. The lowest BCUT2D eigenvalue weighted by Crippen LogP contribution is -2.10. The topological polar surface area (TPSA) is 6.48 Å². The fourth-order valence-corrected chi connectivity index (χ4v) is 12.1. The largest absolute Gasteiger partial charge is 0.310 e. The van der Waals surface area contributed by atoms with Crippen LogP contribution < -0.4 is 9.80 Å². The van der Waals surface area contributed by atoms with Crippen LogP contribution in [0.15, 0.2) is 237 Å². The highest BCUT2D eigenvalue weighted by Crippen LogP contribution is 2.49. The second kappa shape index (κ2) is 18.5. The number of aryl methyl sites for hydroxylation is 4. The number of rotatable bonds is 9. The number of para-hydroxylation sites is 1. The molecule has 0 heterocycles. The summed E-state index contributed by atoms with van der Waals surface area (Å²) in [6, 6.07) is 89.0. The van der Waals surface area contributed by atoms with Crippen LogP contribution in [0.2, 0.25) is 0 Å². The average Bonchev–Trinajstić information content (AvgIpc) is 3.46. The van der Waals surface area contributed by atoms with Gasteiger partial charge in [0.05, 0.1) is 0 Å². The molecule has 75 heavy (non-hydrogen) atoms. The van der Waals surface area contributed by atoms with Crippen molar-refractivity contribution in [2.75, 3.05) is 9.80 Å². The number of anilines is 6. The monoisotopic (exact) mass is 962 g/mol. The van der Waals surface area contributed by atoms with Gasteiger partial charge in [-0.15, -0.1) is 0 Å². The molecule has 0 spiro atoms. The molecular weight excluding hydrogens is 905 g/mol. The zero-order chi connectivity index (χ0) is 50.9. The van der Waals surface area contributed by atoms with Crippen molar-refractivity contribution in [2.45, 2.75) is 47.5 Å². The first-order valence-electron chi connectivity index (χ1n) is 26.4. The van der Waals surface area contributed by atoms with E-state index in [9.17, 15) is 0 Å². The van der Waals surface area contributed by atoms with Gasteiger partial charge in [-0.05, 0) is 199 Å². The maximum Gasteiger partial charge on any atom is 0.0468 e. The first-order chi connectivity index (χ1) is 36.6. The Balaban J connectivity index is 1.11. The molecule has 0 N–H and O–H groups in total. The van der Waals surface area contributed by atoms with Crippen LogP contribution in [0.3, 0.4) is 0 Å². The van der Waals surface area contributed by atoms with Gasteiger partial charge < -0.3 is 9.80 Å². The number of benzene rings is 13. The Morgan fingerprint density at radius 1 is 0.253 bits per heavy atom. The van der Waals surface area contributed by atoms with Crippen LogP contribution in [-0.2, 0) is 0 Å². The van der Waals surface area contributed by atoms with Gasteiger partial charge in [0, 0.05) is 34.1 Å². The second-order valence-corrected chi connectivity index (χ2v) is 21.1. The van der Waals surface area contributed by atoms with Crippen molar-refractivity contribution in [3.05, 3.63) is 264 Å². The quantitative estimate of drug-likeness (QED) is 0.105. The number of fused-ring (bicyclic) bond motifs is 8. The lowest BCUT2D eigenvalue weighted by Gasteiger charge is -2.29. The van der Waals surface area contributed by atoms with E-state index in [4.69, 9.17) is 0 Å². The number of hydrogen-bond donors (Lipinski definition) is 0. The Labute approximate surface area is 440 Å². The van der Waals surface area contributed by atoms with Crippen molar-refractivity contribution >= 4 is 98.8 Å². The molecule has 2 heteroatoms. The summed E-state index contributed by atoms with van der Waals surface area (Å²) in [6.07, 6.45) is 0. The molecule has 0 bridgehead atoms. The number of nitrogens with zero attached hydrogens (tertiary/aromatic N) is 2. The van der Waals surface area contributed by atoms with E-state index in [1.807, 2.05) is 0 Å². The normalized spacial score (nSPS) is 11.7. The van der Waals surface area contributed by atoms with Crippen molar-refractivity contribution in [1.82, 2.24) is 0 Å². The van der Waals surface area contributed by atoms with E-state index in [1.54, 1.807) is 0 Å². The first-order valence-corrected chi connectivity index (χ1v) is 26.4. The third-order valence-corrected chi connectivity index (χ3v) is 15.4. The fourth-order valence-electron chi connectivity index (χ4n) is 12.1. The summed E-state index contributed by atoms with van der Waals surface area (Å²) >= 11 is 0. The third kappa shape index (κ3) is 8.24. The molecule has 0 saturated carbocycles. The molecule has 0 atom stereocenters. The maximum absolute atomic E-state index is 2.47. The van der Waals surface area contributed by atoms with Crippen LogP contribution in [0.5, 0.6) is 0 Å². The summed E-state index contributed by atoms with van der Waals surface area (Å²) in [4.78, 5) is 4.90. The fraction of sp³-hybridized carbons (Fsp3) is 0.0959. The molecule has 0 aliphatic carbocycles. The first kappa shape index (κ1) is 45.9. The van der Waals surface area contributed by atoms with Gasteiger partial charge in [-0.2, -0.15) is 0 Å². The van der Waals surface area contributed by atoms with Crippen LogP contribution >= 0.6 is 0 Å². The zero-order valence-corrected chi connectivity index (χ0v) is 43.5. The summed E-state index contributed by atoms with van der Waals surface area (Å²) in [6.45, 7) is 13.4. The Hall–Kier alpha value is -8.98. The van der Waals surface area contributed by atoms with Crippen molar-refractivity contribution in [2.24, 2.45) is 0 Å². The Morgan fingerprint density at radius 2 is 0.587 bits per heavy atom. The van der Waals surface area contributed by atoms with E-state index in [0.29, 0.717) is 5.92 Å². The summed E-state index contributed by atoms with van der Waals surface area (Å²) in [7, 11) is 0. The Bertz CT molecular complexity index is 4330. The molecule has 0 amide bonds. The predicted molar refractivity (Wildman–Crippen MR) is 325 cm³/mol. The van der Waals surface area contributed by atoms with E-state index in [2.05, 4.69) is 288 Å². The van der Waals surface area contributed by atoms with Crippen molar-refractivity contribution < 1.29 is 0 Å². The maximum atomic E-state index is 2.47. The lowest BCUT2D eigenvalue weighted by atomic mass is 9.84. The Morgan fingerprint density at radius 3 is 1.01 bits per heavy atom. The van der Waals surface area contributed by atoms with Crippen LogP contribution in [-0.4, -0.2) is 0 Å². The highest BCUT2D eigenvalue weighted by Gasteiger charge is 2.24. The summed E-state index contributed by atoms with van der Waals surface area (Å²) in [5, 5.41) is 14.8. The molecule has 0 radical (unpaired) electrons. The van der Waals surface area contributed by atoms with Crippen LogP contribution in [0.25, 0.3) is 86.9 Å². The van der Waals surface area contributed by atoms with E-state index in [-0.39, 0.29) is 0 Å². The third-order valence-electron chi connectivity index (χ3n) is 15.4. The lowest BCUT2D eigenvalue weighted by molar-refractivity contribution is 0.866. The zero-order valence-electron chi connectivity index (χ0n) is 43.5. The predicted octanol–water partition coefficient (Wildman–Crippen LogP) is 21.2. The molecule has 0 saturated heterocycles. The van der Waals surface area contributed by atoms with E-state index < -0.39 is 0 Å². The molecule has 2 nitrogen and oxygen atoms in total. The minimum atomic E-state index is 0.422. The van der Waals surface area contributed by atoms with E-state index >= 15 is 0 Å². The highest BCUT2D eigenvalue weighted by molar-refractivity contribution is 6.23. The molecule has 13 rings (SSSR count). The van der Waals surface area contributed by atoms with Gasteiger partial charge in [0.15, 0.2) is 0 Å². The van der Waals surface area contributed by atoms with Gasteiger partial charge in [0.25, 0.3) is 0 Å². The molecule has 13 aromatic rings. The minimum absolute atomic E-state index is 0.422. The van der Waals surface area contributed by atoms with E-state index in [0.717, 1.165) is 34.1 Å². The van der Waals surface area contributed by atoms with Crippen LogP contribution in [0.1, 0.15) is 47.6 Å². The molecule has 0 fully saturated rings. The van der Waals surface area contributed by atoms with Gasteiger partial charge in [0.1, 0.15) is 0 Å². The standard InChI is InChI=1S/C73H58N2/c1-46(2)51-24-28-59(29-25-51)75(61-31-27-55-23-21-53-15-11-13-19-65(53)69(55)43-61)63-33-35-67-71(45-63)73(57-40-49(5)37-50(6)41-57)66-34-32-62(44-70(66)72(67)56-38-47(3)36-48(4)39-56)74(58-16-8-7-9-17-58)60-30-26-54-22-20-52-14-10-12-18-64(52)68(54)42-60/h7-46H,1-6H3. The Kier molecular flexibility index (Phi) is 11.3. The molecular formula is C73H58N2. The van der Waals surface area contributed by atoms with E-state index in [1.165, 1.54) is 115 Å². The van der Waals surface area contributed by atoms with Crippen molar-refractivity contribution in [3.63, 3.8) is 0 Å². The van der Waals surface area contributed by atoms with Gasteiger partial charge in [0.2, 0.25) is 0 Å². The van der Waals surface area contributed by atoms with Crippen LogP contribution in [0, 0.1) is 27.7 Å². The molecule has 360 valence electrons. The van der Waals surface area contributed by atoms with Gasteiger partial charge in [-0.1, -0.05) is 200 Å².